The van der Waals surface area contributed by atoms with Crippen LogP contribution in [0.4, 0.5) is 0 Å². The van der Waals surface area contributed by atoms with Gasteiger partial charge in [-0.3, -0.25) is 4.90 Å². The second-order valence-corrected chi connectivity index (χ2v) is 9.38. The van der Waals surface area contributed by atoms with Gasteiger partial charge in [0.25, 0.3) is 0 Å². The molecule has 0 radical (unpaired) electrons. The van der Waals surface area contributed by atoms with Crippen molar-refractivity contribution in [2.45, 2.75) is 96.8 Å². The highest BCUT2D eigenvalue weighted by Crippen LogP contribution is 2.65. The molecule has 2 aliphatic carbocycles. The maximum atomic E-state index is 3.73. The molecule has 0 amide bonds. The molecule has 4 bridgehead atoms. The predicted octanol–water partition coefficient (Wildman–Crippen LogP) is 3.81. The van der Waals surface area contributed by atoms with Crippen LogP contribution >= 0.6 is 0 Å². The van der Waals surface area contributed by atoms with Crippen molar-refractivity contribution >= 4 is 0 Å². The third-order valence-corrected chi connectivity index (χ3v) is 7.77. The molecule has 2 aliphatic heterocycles. The average Bonchev–Trinajstić information content (AvgIpc) is 2.96. The summed E-state index contributed by atoms with van der Waals surface area (Å²) in [5.74, 6) is 0.985. The van der Waals surface area contributed by atoms with Crippen molar-refractivity contribution in [3.63, 3.8) is 0 Å². The summed E-state index contributed by atoms with van der Waals surface area (Å²) in [6.45, 7) is 11.2. The van der Waals surface area contributed by atoms with Gasteiger partial charge >= 0.3 is 0 Å². The molecule has 4 rings (SSSR count). The fraction of sp³-hybridized carbons (Fsp3) is 1.00. The molecule has 2 saturated carbocycles. The SMILES string of the molecule is CCNC1CC2CCC(C1)N2C1C2(C)CCC(C2)C1(C)C. The third-order valence-electron chi connectivity index (χ3n) is 7.77. The molecule has 2 heteroatoms. The molecule has 5 unspecified atom stereocenters. The van der Waals surface area contributed by atoms with Gasteiger partial charge in [0, 0.05) is 24.2 Å². The molecular formula is C19H34N2. The van der Waals surface area contributed by atoms with E-state index in [0.717, 1.165) is 36.6 Å². The number of nitrogens with one attached hydrogen (secondary N) is 1. The Hall–Kier alpha value is -0.0800. The number of hydrogen-bond acceptors (Lipinski definition) is 2. The highest BCUT2D eigenvalue weighted by atomic mass is 15.3. The van der Waals surface area contributed by atoms with Crippen molar-refractivity contribution in [1.29, 1.82) is 0 Å². The lowest BCUT2D eigenvalue weighted by Gasteiger charge is -2.54. The van der Waals surface area contributed by atoms with E-state index < -0.39 is 0 Å². The van der Waals surface area contributed by atoms with Gasteiger partial charge < -0.3 is 5.32 Å². The van der Waals surface area contributed by atoms with Gasteiger partial charge in [-0.15, -0.1) is 0 Å². The van der Waals surface area contributed by atoms with Crippen LogP contribution < -0.4 is 5.32 Å². The summed E-state index contributed by atoms with van der Waals surface area (Å²) >= 11 is 0. The van der Waals surface area contributed by atoms with E-state index in [1.807, 2.05) is 0 Å². The summed E-state index contributed by atoms with van der Waals surface area (Å²) in [5, 5.41) is 3.73. The van der Waals surface area contributed by atoms with Crippen LogP contribution in [0.5, 0.6) is 0 Å². The Morgan fingerprint density at radius 3 is 2.24 bits per heavy atom. The van der Waals surface area contributed by atoms with Crippen LogP contribution in [0.2, 0.25) is 0 Å². The molecule has 4 fully saturated rings. The number of piperidine rings is 1. The lowest BCUT2D eigenvalue weighted by Crippen LogP contribution is -2.60. The van der Waals surface area contributed by atoms with Gasteiger partial charge in [-0.05, 0) is 68.2 Å². The number of rotatable bonds is 3. The van der Waals surface area contributed by atoms with E-state index in [0.29, 0.717) is 10.8 Å². The Morgan fingerprint density at radius 1 is 1.05 bits per heavy atom. The van der Waals surface area contributed by atoms with Gasteiger partial charge in [-0.25, -0.2) is 0 Å². The molecule has 0 aromatic rings. The van der Waals surface area contributed by atoms with Crippen molar-refractivity contribution in [3.05, 3.63) is 0 Å². The molecule has 2 saturated heterocycles. The van der Waals surface area contributed by atoms with Crippen LogP contribution in [-0.2, 0) is 0 Å². The van der Waals surface area contributed by atoms with E-state index in [1.165, 1.54) is 44.9 Å². The first kappa shape index (κ1) is 14.5. The smallest absolute Gasteiger partial charge is 0.0209 e. The largest absolute Gasteiger partial charge is 0.314 e. The van der Waals surface area contributed by atoms with Crippen LogP contribution in [0.15, 0.2) is 0 Å². The second kappa shape index (κ2) is 4.71. The first-order valence-electron chi connectivity index (χ1n) is 9.46. The van der Waals surface area contributed by atoms with E-state index in [1.54, 1.807) is 0 Å². The molecule has 21 heavy (non-hydrogen) atoms. The maximum Gasteiger partial charge on any atom is 0.0209 e. The Bertz CT molecular complexity index is 399. The molecule has 4 aliphatic rings. The minimum Gasteiger partial charge on any atom is -0.314 e. The van der Waals surface area contributed by atoms with Gasteiger partial charge in [-0.2, -0.15) is 0 Å². The summed E-state index contributed by atoms with van der Waals surface area (Å²) in [5.41, 5.74) is 1.15. The normalized spacial score (nSPS) is 51.7. The molecule has 5 atom stereocenters. The maximum absolute atomic E-state index is 3.73. The Balaban J connectivity index is 1.60. The fourth-order valence-corrected chi connectivity index (χ4v) is 7.11. The number of fused-ring (bicyclic) bond motifs is 4. The summed E-state index contributed by atoms with van der Waals surface area (Å²) in [6.07, 6.45) is 10.2. The van der Waals surface area contributed by atoms with Crippen LogP contribution in [-0.4, -0.2) is 35.6 Å². The van der Waals surface area contributed by atoms with Crippen molar-refractivity contribution in [2.75, 3.05) is 6.54 Å². The summed E-state index contributed by atoms with van der Waals surface area (Å²) < 4.78 is 0. The molecule has 120 valence electrons. The van der Waals surface area contributed by atoms with Gasteiger partial charge in [0.15, 0.2) is 0 Å². The topological polar surface area (TPSA) is 15.3 Å². The van der Waals surface area contributed by atoms with E-state index in [4.69, 9.17) is 0 Å². The predicted molar refractivity (Wildman–Crippen MR) is 88.4 cm³/mol. The highest BCUT2D eigenvalue weighted by Gasteiger charge is 2.63. The zero-order chi connectivity index (χ0) is 14.8. The molecular weight excluding hydrogens is 256 g/mol. The number of hydrogen-bond donors (Lipinski definition) is 1. The lowest BCUT2D eigenvalue weighted by atomic mass is 9.66. The van der Waals surface area contributed by atoms with E-state index >= 15 is 0 Å². The first-order valence-corrected chi connectivity index (χ1v) is 9.46. The molecule has 0 aromatic heterocycles. The van der Waals surface area contributed by atoms with Gasteiger partial charge in [0.2, 0.25) is 0 Å². The van der Waals surface area contributed by atoms with Crippen molar-refractivity contribution in [3.8, 4) is 0 Å². The Kier molecular flexibility index (Phi) is 3.25. The molecule has 0 spiro atoms. The fourth-order valence-electron chi connectivity index (χ4n) is 7.11. The van der Waals surface area contributed by atoms with Gasteiger partial charge in [0.1, 0.15) is 0 Å². The van der Waals surface area contributed by atoms with E-state index in [9.17, 15) is 0 Å². The summed E-state index contributed by atoms with van der Waals surface area (Å²) in [4.78, 5) is 3.05. The Morgan fingerprint density at radius 2 is 1.71 bits per heavy atom. The van der Waals surface area contributed by atoms with Crippen LogP contribution in [0, 0.1) is 16.7 Å². The average molecular weight is 290 g/mol. The van der Waals surface area contributed by atoms with Crippen molar-refractivity contribution in [2.24, 2.45) is 16.7 Å². The van der Waals surface area contributed by atoms with Crippen LogP contribution in [0.3, 0.4) is 0 Å². The highest BCUT2D eigenvalue weighted by molar-refractivity contribution is 5.16. The minimum atomic E-state index is 0.541. The quantitative estimate of drug-likeness (QED) is 0.850. The minimum absolute atomic E-state index is 0.541. The van der Waals surface area contributed by atoms with Crippen LogP contribution in [0.25, 0.3) is 0 Å². The molecule has 0 aromatic carbocycles. The first-order chi connectivity index (χ1) is 9.95. The zero-order valence-corrected chi connectivity index (χ0v) is 14.5. The summed E-state index contributed by atoms with van der Waals surface area (Å²) in [7, 11) is 0. The van der Waals surface area contributed by atoms with E-state index in [2.05, 4.69) is 37.9 Å². The number of nitrogens with zero attached hydrogens (tertiary/aromatic N) is 1. The monoisotopic (exact) mass is 290 g/mol. The molecule has 2 heterocycles. The molecule has 1 N–H and O–H groups in total. The van der Waals surface area contributed by atoms with Gasteiger partial charge in [-0.1, -0.05) is 27.7 Å². The van der Waals surface area contributed by atoms with Crippen molar-refractivity contribution in [1.82, 2.24) is 10.2 Å². The van der Waals surface area contributed by atoms with Crippen molar-refractivity contribution < 1.29 is 0 Å². The van der Waals surface area contributed by atoms with E-state index in [-0.39, 0.29) is 0 Å². The lowest BCUT2D eigenvalue weighted by molar-refractivity contribution is -0.0467. The zero-order valence-electron chi connectivity index (χ0n) is 14.5. The standard InChI is InChI=1S/C19H34N2/c1-5-20-14-10-15-6-7-16(11-14)21(15)17-18(2,3)13-8-9-19(17,4)12-13/h13-17,20H,5-12H2,1-4H3. The molecule has 2 nitrogen and oxygen atoms in total. The summed E-state index contributed by atoms with van der Waals surface area (Å²) in [6, 6.07) is 3.38. The second-order valence-electron chi connectivity index (χ2n) is 9.38. The third kappa shape index (κ3) is 1.97. The Labute approximate surface area is 131 Å². The van der Waals surface area contributed by atoms with Crippen LogP contribution in [0.1, 0.15) is 72.6 Å². The van der Waals surface area contributed by atoms with Gasteiger partial charge in [0.05, 0.1) is 0 Å².